The van der Waals surface area contributed by atoms with E-state index in [2.05, 4.69) is 35.0 Å². The Morgan fingerprint density at radius 3 is 2.57 bits per heavy atom. The molecule has 2 aliphatic rings. The van der Waals surface area contributed by atoms with Crippen LogP contribution in [0.15, 0.2) is 36.0 Å². The second-order valence-corrected chi connectivity index (χ2v) is 7.71. The highest BCUT2D eigenvalue weighted by Gasteiger charge is 2.39. The lowest BCUT2D eigenvalue weighted by atomic mass is 10.1. The van der Waals surface area contributed by atoms with Gasteiger partial charge in [-0.25, -0.2) is 5.43 Å². The molecule has 3 unspecified atom stereocenters. The second-order valence-electron chi connectivity index (χ2n) is 7.71. The number of hydrogen-bond acceptors (Lipinski definition) is 5. The van der Waals surface area contributed by atoms with Crippen molar-refractivity contribution in [3.63, 3.8) is 0 Å². The fourth-order valence-electron chi connectivity index (χ4n) is 3.76. The van der Waals surface area contributed by atoms with Gasteiger partial charge in [-0.15, -0.1) is 0 Å². The van der Waals surface area contributed by atoms with Gasteiger partial charge in [0.2, 0.25) is 5.91 Å². The van der Waals surface area contributed by atoms with Gasteiger partial charge in [-0.1, -0.05) is 57.0 Å². The van der Waals surface area contributed by atoms with Crippen LogP contribution in [-0.4, -0.2) is 58.6 Å². The number of carbonyl (C=O) groups excluding carboxylic acids is 2. The lowest BCUT2D eigenvalue weighted by Crippen LogP contribution is -2.57. The first-order chi connectivity index (χ1) is 14.4. The number of fused-ring (bicyclic) bond motifs is 1. The summed E-state index contributed by atoms with van der Waals surface area (Å²) >= 11 is 0. The molecule has 0 bridgehead atoms. The van der Waals surface area contributed by atoms with Crippen LogP contribution in [0, 0.1) is 6.92 Å². The van der Waals surface area contributed by atoms with Crippen molar-refractivity contribution >= 4 is 11.8 Å². The molecule has 3 rings (SSSR count). The van der Waals surface area contributed by atoms with E-state index in [1.165, 1.54) is 5.56 Å². The molecule has 3 N–H and O–H groups in total. The summed E-state index contributed by atoms with van der Waals surface area (Å²) in [4.78, 5) is 26.9. The van der Waals surface area contributed by atoms with E-state index in [9.17, 15) is 14.7 Å². The number of benzene rings is 1. The molecule has 30 heavy (non-hydrogen) atoms. The molecule has 0 saturated carbocycles. The van der Waals surface area contributed by atoms with Crippen molar-refractivity contribution in [1.82, 2.24) is 20.7 Å². The Morgan fingerprint density at radius 1 is 1.30 bits per heavy atom. The van der Waals surface area contributed by atoms with Crippen LogP contribution in [0.3, 0.4) is 0 Å². The summed E-state index contributed by atoms with van der Waals surface area (Å²) in [5.41, 5.74) is 6.28. The van der Waals surface area contributed by atoms with Crippen LogP contribution in [0.2, 0.25) is 0 Å². The molecule has 2 amide bonds. The molecule has 7 nitrogen and oxygen atoms in total. The highest BCUT2D eigenvalue weighted by Crippen LogP contribution is 2.30. The lowest BCUT2D eigenvalue weighted by molar-refractivity contribution is -0.138. The van der Waals surface area contributed by atoms with Crippen molar-refractivity contribution in [1.29, 1.82) is 0 Å². The average Bonchev–Trinajstić information content (AvgIpc) is 3.20. The highest BCUT2D eigenvalue weighted by molar-refractivity contribution is 5.96. The summed E-state index contributed by atoms with van der Waals surface area (Å²) in [7, 11) is 0. The van der Waals surface area contributed by atoms with Crippen LogP contribution in [0.25, 0.3) is 0 Å². The number of aryl methyl sites for hydroxylation is 1. The normalized spacial score (nSPS) is 21.4. The van der Waals surface area contributed by atoms with Crippen molar-refractivity contribution in [3.05, 3.63) is 47.2 Å². The van der Waals surface area contributed by atoms with E-state index in [1.54, 1.807) is 4.90 Å². The summed E-state index contributed by atoms with van der Waals surface area (Å²) in [6, 6.07) is 7.97. The average molecular weight is 417 g/mol. The van der Waals surface area contributed by atoms with Gasteiger partial charge in [0.15, 0.2) is 0 Å². The van der Waals surface area contributed by atoms with Gasteiger partial charge in [-0.05, 0) is 31.9 Å². The molecule has 0 aromatic heterocycles. The molecule has 1 fully saturated rings. The number of aliphatic hydroxyl groups is 1. The smallest absolute Gasteiger partial charge is 0.271 e. The third-order valence-corrected chi connectivity index (χ3v) is 5.29. The van der Waals surface area contributed by atoms with Gasteiger partial charge in [0.25, 0.3) is 5.91 Å². The number of amides is 2. The first-order valence-electron chi connectivity index (χ1n) is 11.0. The van der Waals surface area contributed by atoms with Crippen LogP contribution in [0.1, 0.15) is 57.7 Å². The van der Waals surface area contributed by atoms with Gasteiger partial charge in [-0.2, -0.15) is 0 Å². The third-order valence-electron chi connectivity index (χ3n) is 5.29. The SMILES string of the molecule is CC.CCCC(CO)NC(=O)CN1CC(C)N2NC(c3ccc(C)cc3)C=C2C1=O. The number of carbonyl (C=O) groups is 2. The Bertz CT molecular complexity index is 747. The van der Waals surface area contributed by atoms with Crippen LogP contribution >= 0.6 is 0 Å². The Labute approximate surface area is 180 Å². The molecule has 2 heterocycles. The first-order valence-corrected chi connectivity index (χ1v) is 11.0. The second kappa shape index (κ2) is 11.1. The minimum atomic E-state index is -0.260. The molecule has 3 atom stereocenters. The largest absolute Gasteiger partial charge is 0.394 e. The van der Waals surface area contributed by atoms with E-state index in [4.69, 9.17) is 0 Å². The van der Waals surface area contributed by atoms with Crippen molar-refractivity contribution in [3.8, 4) is 0 Å². The Kier molecular flexibility index (Phi) is 8.87. The van der Waals surface area contributed by atoms with Gasteiger partial charge in [0.1, 0.15) is 5.70 Å². The number of rotatable bonds is 7. The predicted octanol–water partition coefficient (Wildman–Crippen LogP) is 2.27. The molecule has 0 spiro atoms. The van der Waals surface area contributed by atoms with Gasteiger partial charge in [0.05, 0.1) is 31.3 Å². The summed E-state index contributed by atoms with van der Waals surface area (Å²) in [5, 5.41) is 14.1. The maximum Gasteiger partial charge on any atom is 0.271 e. The molecular weight excluding hydrogens is 380 g/mol. The highest BCUT2D eigenvalue weighted by atomic mass is 16.3. The molecule has 1 aromatic rings. The molecule has 2 aliphatic heterocycles. The number of hydrazine groups is 1. The summed E-state index contributed by atoms with van der Waals surface area (Å²) in [6.07, 6.45) is 3.52. The number of nitrogens with one attached hydrogen (secondary N) is 2. The Balaban J connectivity index is 0.00000155. The predicted molar refractivity (Wildman–Crippen MR) is 118 cm³/mol. The fourth-order valence-corrected chi connectivity index (χ4v) is 3.76. The maximum atomic E-state index is 12.9. The zero-order chi connectivity index (χ0) is 22.3. The zero-order valence-electron chi connectivity index (χ0n) is 18.8. The molecule has 1 aromatic carbocycles. The molecule has 0 radical (unpaired) electrons. The molecule has 1 saturated heterocycles. The number of aliphatic hydroxyl groups excluding tert-OH is 1. The topological polar surface area (TPSA) is 84.9 Å². The van der Waals surface area contributed by atoms with Crippen molar-refractivity contribution in [2.45, 2.75) is 65.6 Å². The van der Waals surface area contributed by atoms with E-state index in [0.29, 0.717) is 18.7 Å². The maximum absolute atomic E-state index is 12.9. The van der Waals surface area contributed by atoms with E-state index in [1.807, 2.05) is 45.7 Å². The van der Waals surface area contributed by atoms with Crippen molar-refractivity contribution in [2.75, 3.05) is 19.7 Å². The van der Waals surface area contributed by atoms with Crippen molar-refractivity contribution < 1.29 is 14.7 Å². The quantitative estimate of drug-likeness (QED) is 0.635. The molecular formula is C23H36N4O3. The summed E-state index contributed by atoms with van der Waals surface area (Å²) in [6.45, 7) is 10.5. The molecule has 0 aliphatic carbocycles. The van der Waals surface area contributed by atoms with Gasteiger partial charge >= 0.3 is 0 Å². The minimum absolute atomic E-state index is 0.00374. The van der Waals surface area contributed by atoms with Crippen LogP contribution in [0.4, 0.5) is 0 Å². The monoisotopic (exact) mass is 416 g/mol. The van der Waals surface area contributed by atoms with Crippen LogP contribution in [0.5, 0.6) is 0 Å². The lowest BCUT2D eigenvalue weighted by Gasteiger charge is -2.39. The number of hydrogen-bond donors (Lipinski definition) is 3. The van der Waals surface area contributed by atoms with E-state index in [-0.39, 0.29) is 43.1 Å². The van der Waals surface area contributed by atoms with Gasteiger partial charge in [0, 0.05) is 6.54 Å². The van der Waals surface area contributed by atoms with E-state index in [0.717, 1.165) is 12.0 Å². The molecule has 7 heteroatoms. The zero-order valence-corrected chi connectivity index (χ0v) is 18.8. The van der Waals surface area contributed by atoms with Crippen LogP contribution < -0.4 is 10.7 Å². The fraction of sp³-hybridized carbons (Fsp3) is 0.565. The number of piperazine rings is 1. The molecule has 166 valence electrons. The van der Waals surface area contributed by atoms with Crippen LogP contribution in [-0.2, 0) is 9.59 Å². The summed E-state index contributed by atoms with van der Waals surface area (Å²) in [5.74, 6) is -0.380. The van der Waals surface area contributed by atoms with Crippen molar-refractivity contribution in [2.24, 2.45) is 0 Å². The van der Waals surface area contributed by atoms with E-state index < -0.39 is 0 Å². The van der Waals surface area contributed by atoms with E-state index >= 15 is 0 Å². The third kappa shape index (κ3) is 5.61. The Morgan fingerprint density at radius 2 is 1.97 bits per heavy atom. The minimum Gasteiger partial charge on any atom is -0.394 e. The first kappa shape index (κ1) is 23.9. The Hall–Kier alpha value is -2.38. The summed E-state index contributed by atoms with van der Waals surface area (Å²) < 4.78 is 0. The van der Waals surface area contributed by atoms with Gasteiger partial charge < -0.3 is 15.3 Å². The van der Waals surface area contributed by atoms with Gasteiger partial charge in [-0.3, -0.25) is 14.6 Å². The standard InChI is InChI=1S/C21H30N4O3.C2H6/c1-4-5-17(13-26)22-20(27)12-24-11-15(3)25-19(21(24)28)10-18(23-25)16-8-6-14(2)7-9-16;1-2/h6-10,15,17-18,23,26H,4-5,11-13H2,1-3H3,(H,22,27);1-2H3. The number of nitrogens with zero attached hydrogens (tertiary/aromatic N) is 2.